The van der Waals surface area contributed by atoms with Gasteiger partial charge in [-0.15, -0.1) is 0 Å². The first-order valence-corrected chi connectivity index (χ1v) is 57.7. The number of rotatable bonds is 36. The number of aromatic nitrogens is 10. The van der Waals surface area contributed by atoms with Crippen LogP contribution in [0.2, 0.25) is 0 Å². The fraction of sp³-hybridized carbons (Fsp3) is 0.868. The Morgan fingerprint density at radius 2 is 0.567 bits per heavy atom. The summed E-state index contributed by atoms with van der Waals surface area (Å²) in [6.45, 7) is 37.4. The average Bonchev–Trinajstić information content (AvgIpc) is 1.61. The predicted octanol–water partition coefficient (Wildman–Crippen LogP) is 19.2. The minimum absolute atomic E-state index is 0.00996. The lowest BCUT2D eigenvalue weighted by atomic mass is 9.69. The molecule has 26 nitrogen and oxygen atoms in total. The van der Waals surface area contributed by atoms with Crippen LogP contribution in [-0.4, -0.2) is 300 Å². The van der Waals surface area contributed by atoms with Crippen molar-refractivity contribution in [3.63, 3.8) is 0 Å². The van der Waals surface area contributed by atoms with Gasteiger partial charge in [-0.05, 0) is 338 Å². The van der Waals surface area contributed by atoms with E-state index in [9.17, 15) is 43.9 Å². The number of hydrogen-bond acceptors (Lipinski definition) is 21. The third kappa shape index (κ3) is 30.1. The molecule has 4 saturated heterocycles. The number of likely N-dealkylation sites (N-methyl/N-ethyl adjacent to an activating group) is 9. The van der Waals surface area contributed by atoms with Gasteiger partial charge in [-0.3, -0.25) is 43.0 Å². The molecule has 14 aliphatic rings. The van der Waals surface area contributed by atoms with Crippen LogP contribution in [0.5, 0.6) is 0 Å². The standard InChI is InChI=1S/4C23H38F2N4O.C22H38F2N4O2/c2*1-21(2)8-5-9-22(30-21)10-6-17(7-11-22)20-18(15-28(4)13-12-26-3)27-29-16-23(24,25)14-19(20)29;2*1-21(2)9-10-22(30-16-21)7-5-17(6-8-22)20-18(14-28(4)12-11-26-3)27-29-15-23(24,25)13-19(20)29;1-4-29-15-21(16-30-5-2)8-6-17(7-9-21)20-18(13-26-11-10-25-3)27-28-14-22(23,24)12-19(20)28/h4*17,26H,5-16H2,1-4H3;17,25-26H,4-16H2,1-3H3. The van der Waals surface area contributed by atoms with Crippen molar-refractivity contribution < 1.29 is 72.3 Å². The largest absolute Gasteiger partial charge is 0.381 e. The Hall–Kier alpha value is -5.29. The molecule has 36 heteroatoms. The first-order valence-electron chi connectivity index (χ1n) is 57.7. The van der Waals surface area contributed by atoms with E-state index >= 15 is 0 Å². The monoisotopic (exact) mass is 2130 g/mol. The second-order valence-electron chi connectivity index (χ2n) is 51.3. The van der Waals surface area contributed by atoms with Crippen molar-refractivity contribution in [3.8, 4) is 0 Å². The zero-order valence-corrected chi connectivity index (χ0v) is 95.0. The van der Waals surface area contributed by atoms with E-state index in [0.717, 1.165) is 343 Å². The predicted molar refractivity (Wildman–Crippen MR) is 569 cm³/mol. The molecular formula is C114H190F10N20O6. The number of fused-ring (bicyclic) bond motifs is 5. The summed E-state index contributed by atoms with van der Waals surface area (Å²) in [5.74, 6) is -11.8. The molecule has 0 aromatic carbocycles. The third-order valence-electron chi connectivity index (χ3n) is 36.2. The number of nitrogens with one attached hydrogen (secondary N) is 6. The highest BCUT2D eigenvalue weighted by molar-refractivity contribution is 5.40. The van der Waals surface area contributed by atoms with Gasteiger partial charge in [0.1, 0.15) is 32.7 Å². The van der Waals surface area contributed by atoms with E-state index < -0.39 is 29.6 Å². The topological polar surface area (TPSA) is 230 Å². The fourth-order valence-electron chi connectivity index (χ4n) is 27.8. The van der Waals surface area contributed by atoms with Gasteiger partial charge < -0.3 is 60.3 Å². The molecule has 19 rings (SSSR count). The highest BCUT2D eigenvalue weighted by atomic mass is 19.3. The fourth-order valence-corrected chi connectivity index (χ4v) is 27.8. The van der Waals surface area contributed by atoms with Crippen LogP contribution in [0.25, 0.3) is 0 Å². The minimum atomic E-state index is -2.68. The number of alkyl halides is 10. The zero-order valence-electron chi connectivity index (χ0n) is 95.0. The maximum Gasteiger partial charge on any atom is 0.272 e. The number of halogens is 10. The summed E-state index contributed by atoms with van der Waals surface area (Å²) in [7, 11) is 18.0. The first-order chi connectivity index (χ1) is 70.9. The summed E-state index contributed by atoms with van der Waals surface area (Å²) in [6, 6.07) is 0. The van der Waals surface area contributed by atoms with Gasteiger partial charge in [-0.1, -0.05) is 27.7 Å². The lowest BCUT2D eigenvalue weighted by Crippen LogP contribution is -2.47. The van der Waals surface area contributed by atoms with Crippen molar-refractivity contribution in [1.82, 2.24) is 100 Å². The lowest BCUT2D eigenvalue weighted by Gasteiger charge is -2.49. The molecule has 0 amide bonds. The second kappa shape index (κ2) is 49.3. The van der Waals surface area contributed by atoms with Crippen LogP contribution in [0.1, 0.15) is 376 Å². The van der Waals surface area contributed by atoms with E-state index in [0.29, 0.717) is 69.7 Å². The Kier molecular flexibility index (Phi) is 39.0. The highest BCUT2D eigenvalue weighted by Crippen LogP contribution is 2.57. The van der Waals surface area contributed by atoms with Crippen LogP contribution >= 0.6 is 0 Å². The van der Waals surface area contributed by atoms with Crippen LogP contribution in [0.3, 0.4) is 0 Å². The molecule has 9 aliphatic heterocycles. The molecule has 5 aliphatic carbocycles. The molecule has 5 saturated carbocycles. The first kappa shape index (κ1) is 119. The molecule has 0 radical (unpaired) electrons. The SMILES string of the molecule is CCOCC1(COCC)CCC(c2c(CNCCNC)nn3c2CC(F)(F)C3)CC1.CNCCN(C)Cc1nn2c(c1C1CCC3(CC1)CCC(C)(C)CO3)CC(F)(F)C2.CNCCN(C)Cc1nn2c(c1C1CCC3(CC1)CCC(C)(C)CO3)CC(F)(F)C2.CNCCN(C)Cc1nn2c(c1C1CCC3(CCCC(C)(C)O3)CC1)CC(F)(F)C2.CNCCN(C)Cc1nn2c(c1C1CCC3(CCCC(C)(C)O3)CC1)CC(F)(F)C2. The molecule has 4 spiro atoms. The molecule has 852 valence electrons. The smallest absolute Gasteiger partial charge is 0.272 e. The van der Waals surface area contributed by atoms with E-state index in [1.807, 2.05) is 49.1 Å². The van der Waals surface area contributed by atoms with Gasteiger partial charge in [0.2, 0.25) is 0 Å². The summed E-state index contributed by atoms with van der Waals surface area (Å²) in [6.07, 6.45) is 31.0. The summed E-state index contributed by atoms with van der Waals surface area (Å²) >= 11 is 0. The normalized spacial score (nSPS) is 25.6. The Bertz CT molecular complexity index is 4830. The van der Waals surface area contributed by atoms with Crippen molar-refractivity contribution >= 4 is 0 Å². The van der Waals surface area contributed by atoms with Crippen molar-refractivity contribution in [3.05, 3.63) is 84.8 Å². The Morgan fingerprint density at radius 3 is 0.813 bits per heavy atom. The van der Waals surface area contributed by atoms with E-state index in [2.05, 4.69) is 161 Å². The van der Waals surface area contributed by atoms with Gasteiger partial charge in [0.05, 0.1) is 121 Å². The van der Waals surface area contributed by atoms with Gasteiger partial charge in [-0.25, -0.2) is 43.9 Å². The highest BCUT2D eigenvalue weighted by Gasteiger charge is 2.55. The molecule has 6 N–H and O–H groups in total. The van der Waals surface area contributed by atoms with Crippen LogP contribution in [-0.2, 0) is 126 Å². The number of hydrogen-bond donors (Lipinski definition) is 6. The molecule has 0 bridgehead atoms. The van der Waals surface area contributed by atoms with Crippen LogP contribution < -0.4 is 31.9 Å². The van der Waals surface area contributed by atoms with Crippen molar-refractivity contribution in [2.75, 3.05) is 169 Å². The zero-order chi connectivity index (χ0) is 108. The van der Waals surface area contributed by atoms with Gasteiger partial charge >= 0.3 is 0 Å². The maximum absolute atomic E-state index is 14.1. The second-order valence-corrected chi connectivity index (χ2v) is 51.3. The quantitative estimate of drug-likeness (QED) is 0.0162. The summed E-state index contributed by atoms with van der Waals surface area (Å²) in [5, 5.41) is 42.5. The Labute approximate surface area is 889 Å². The molecule has 150 heavy (non-hydrogen) atoms. The van der Waals surface area contributed by atoms with Crippen molar-refractivity contribution in [2.24, 2.45) is 16.2 Å². The maximum atomic E-state index is 14.1. The van der Waals surface area contributed by atoms with E-state index in [1.165, 1.54) is 25.7 Å². The molecule has 14 heterocycles. The molecule has 5 aromatic heterocycles. The summed E-state index contributed by atoms with van der Waals surface area (Å²) < 4.78 is 187. The van der Waals surface area contributed by atoms with E-state index in [1.54, 1.807) is 23.4 Å². The minimum Gasteiger partial charge on any atom is -0.381 e. The Morgan fingerprint density at radius 1 is 0.313 bits per heavy atom. The molecular weight excluding hydrogens is 1940 g/mol. The van der Waals surface area contributed by atoms with Crippen LogP contribution in [0.15, 0.2) is 0 Å². The Balaban J connectivity index is 0.000000140. The van der Waals surface area contributed by atoms with Gasteiger partial charge in [0, 0.05) is 173 Å². The van der Waals surface area contributed by atoms with Crippen LogP contribution in [0.4, 0.5) is 43.9 Å². The van der Waals surface area contributed by atoms with Gasteiger partial charge in [-0.2, -0.15) is 25.5 Å². The van der Waals surface area contributed by atoms with E-state index in [-0.39, 0.29) is 121 Å². The summed E-state index contributed by atoms with van der Waals surface area (Å²) in [5.41, 5.74) is 14.9. The third-order valence-corrected chi connectivity index (χ3v) is 36.2. The molecule has 5 aromatic rings. The van der Waals surface area contributed by atoms with Gasteiger partial charge in [0.25, 0.3) is 29.6 Å². The molecule has 0 atom stereocenters. The van der Waals surface area contributed by atoms with Crippen molar-refractivity contribution in [2.45, 2.75) is 452 Å². The van der Waals surface area contributed by atoms with Crippen LogP contribution in [0, 0.1) is 16.2 Å². The molecule has 9 fully saturated rings. The number of ether oxygens (including phenoxy) is 6. The molecule has 0 unspecified atom stereocenters. The number of nitrogens with zero attached hydrogens (tertiary/aromatic N) is 14. The van der Waals surface area contributed by atoms with E-state index in [4.69, 9.17) is 28.4 Å². The van der Waals surface area contributed by atoms with Crippen molar-refractivity contribution in [1.29, 1.82) is 0 Å². The lowest BCUT2D eigenvalue weighted by molar-refractivity contribution is -0.189. The average molecular weight is 2130 g/mol. The summed E-state index contributed by atoms with van der Waals surface area (Å²) in [4.78, 5) is 8.92. The van der Waals surface area contributed by atoms with Gasteiger partial charge in [0.15, 0.2) is 0 Å².